The van der Waals surface area contributed by atoms with Crippen molar-refractivity contribution >= 4 is 12.0 Å². The maximum atomic E-state index is 12.8. The minimum absolute atomic E-state index is 0.0821. The van der Waals surface area contributed by atoms with Gasteiger partial charge in [-0.3, -0.25) is 0 Å². The van der Waals surface area contributed by atoms with Crippen LogP contribution in [0.3, 0.4) is 0 Å². The SMILES string of the molecule is CCC1=C(C(=O)OC(C)C)C(c2ccc(Oc3ccc(C(C)(C)C)cc3)cc2)NC(=O)N1. The Balaban J connectivity index is 1.83. The fourth-order valence-corrected chi connectivity index (χ4v) is 3.55. The summed E-state index contributed by atoms with van der Waals surface area (Å²) >= 11 is 0. The number of rotatable bonds is 6. The Hall–Kier alpha value is -3.28. The quantitative estimate of drug-likeness (QED) is 0.566. The molecule has 1 atom stereocenters. The van der Waals surface area contributed by atoms with Crippen LogP contribution in [0.15, 0.2) is 59.8 Å². The molecule has 32 heavy (non-hydrogen) atoms. The highest BCUT2D eigenvalue weighted by atomic mass is 16.5. The van der Waals surface area contributed by atoms with Gasteiger partial charge in [-0.1, -0.05) is 52.0 Å². The lowest BCUT2D eigenvalue weighted by Crippen LogP contribution is -2.46. The van der Waals surface area contributed by atoms with Gasteiger partial charge in [0.2, 0.25) is 0 Å². The first-order valence-corrected chi connectivity index (χ1v) is 11.0. The molecule has 0 fully saturated rings. The van der Waals surface area contributed by atoms with Crippen LogP contribution >= 0.6 is 0 Å². The van der Waals surface area contributed by atoms with Crippen LogP contribution in [0.4, 0.5) is 4.79 Å². The molecule has 0 saturated heterocycles. The fourth-order valence-electron chi connectivity index (χ4n) is 3.55. The predicted molar refractivity (Wildman–Crippen MR) is 125 cm³/mol. The van der Waals surface area contributed by atoms with Crippen LogP contribution in [-0.4, -0.2) is 18.1 Å². The fraction of sp³-hybridized carbons (Fsp3) is 0.385. The van der Waals surface area contributed by atoms with Crippen molar-refractivity contribution in [3.8, 4) is 11.5 Å². The summed E-state index contributed by atoms with van der Waals surface area (Å²) in [6.45, 7) is 12.0. The molecule has 0 aliphatic carbocycles. The molecule has 6 heteroatoms. The van der Waals surface area contributed by atoms with E-state index in [9.17, 15) is 9.59 Å². The van der Waals surface area contributed by atoms with E-state index in [2.05, 4.69) is 43.5 Å². The molecule has 0 spiro atoms. The topological polar surface area (TPSA) is 76.7 Å². The molecule has 2 aromatic rings. The lowest BCUT2D eigenvalue weighted by molar-refractivity contribution is -0.143. The van der Waals surface area contributed by atoms with Gasteiger partial charge in [0.25, 0.3) is 0 Å². The number of urea groups is 1. The molecule has 1 unspecified atom stereocenters. The lowest BCUT2D eigenvalue weighted by Gasteiger charge is -2.29. The Morgan fingerprint density at radius 3 is 2.06 bits per heavy atom. The van der Waals surface area contributed by atoms with Gasteiger partial charge >= 0.3 is 12.0 Å². The predicted octanol–water partition coefficient (Wildman–Crippen LogP) is 5.75. The first-order valence-electron chi connectivity index (χ1n) is 11.0. The summed E-state index contributed by atoms with van der Waals surface area (Å²) in [5, 5.41) is 5.57. The highest BCUT2D eigenvalue weighted by Crippen LogP contribution is 2.32. The van der Waals surface area contributed by atoms with E-state index in [1.807, 2.05) is 43.3 Å². The van der Waals surface area contributed by atoms with Crippen molar-refractivity contribution in [3.05, 3.63) is 70.9 Å². The van der Waals surface area contributed by atoms with Crippen molar-refractivity contribution in [1.29, 1.82) is 0 Å². The Labute approximate surface area is 190 Å². The van der Waals surface area contributed by atoms with Crippen molar-refractivity contribution in [2.24, 2.45) is 0 Å². The minimum atomic E-state index is -0.593. The molecule has 6 nitrogen and oxygen atoms in total. The minimum Gasteiger partial charge on any atom is -0.459 e. The first-order chi connectivity index (χ1) is 15.1. The third-order valence-electron chi connectivity index (χ3n) is 5.24. The van der Waals surface area contributed by atoms with Gasteiger partial charge in [-0.05, 0) is 61.1 Å². The molecule has 3 rings (SSSR count). The highest BCUT2D eigenvalue weighted by molar-refractivity contribution is 5.95. The maximum absolute atomic E-state index is 12.8. The number of hydrogen-bond donors (Lipinski definition) is 2. The Kier molecular flexibility index (Phi) is 6.92. The van der Waals surface area contributed by atoms with Crippen LogP contribution in [0, 0.1) is 0 Å². The summed E-state index contributed by atoms with van der Waals surface area (Å²) in [7, 11) is 0. The third kappa shape index (κ3) is 5.49. The van der Waals surface area contributed by atoms with E-state index in [0.29, 0.717) is 23.4 Å². The monoisotopic (exact) mass is 436 g/mol. The van der Waals surface area contributed by atoms with E-state index >= 15 is 0 Å². The summed E-state index contributed by atoms with van der Waals surface area (Å²) in [6, 6.07) is 14.5. The number of benzene rings is 2. The summed E-state index contributed by atoms with van der Waals surface area (Å²) < 4.78 is 11.4. The van der Waals surface area contributed by atoms with Gasteiger partial charge in [0, 0.05) is 5.70 Å². The maximum Gasteiger partial charge on any atom is 0.338 e. The van der Waals surface area contributed by atoms with Crippen LogP contribution in [0.25, 0.3) is 0 Å². The highest BCUT2D eigenvalue weighted by Gasteiger charge is 2.33. The number of hydrogen-bond acceptors (Lipinski definition) is 4. The second-order valence-electron chi connectivity index (χ2n) is 9.18. The normalized spacial score (nSPS) is 16.5. The van der Waals surface area contributed by atoms with E-state index in [4.69, 9.17) is 9.47 Å². The lowest BCUT2D eigenvalue weighted by atomic mass is 9.87. The number of nitrogens with one attached hydrogen (secondary N) is 2. The standard InChI is InChI=1S/C26H32N2O4/c1-7-21-22(24(29)31-16(2)3)23(28-25(30)27-21)17-8-12-19(13-9-17)32-20-14-10-18(11-15-20)26(4,5)6/h8-16,23H,7H2,1-6H3,(H2,27,28,30). The third-order valence-corrected chi connectivity index (χ3v) is 5.24. The molecular weight excluding hydrogens is 404 g/mol. The van der Waals surface area contributed by atoms with Crippen LogP contribution < -0.4 is 15.4 Å². The van der Waals surface area contributed by atoms with Gasteiger partial charge in [0.1, 0.15) is 11.5 Å². The molecule has 0 bridgehead atoms. The summed E-state index contributed by atoms with van der Waals surface area (Å²) in [5.74, 6) is 0.979. The molecule has 0 radical (unpaired) electrons. The van der Waals surface area contributed by atoms with E-state index in [1.54, 1.807) is 13.8 Å². The number of esters is 1. The Bertz CT molecular complexity index is 1000. The molecule has 1 aliphatic heterocycles. The summed E-state index contributed by atoms with van der Waals surface area (Å²) in [5.41, 5.74) is 3.09. The van der Waals surface area contributed by atoms with Crippen molar-refractivity contribution in [2.45, 2.75) is 65.5 Å². The van der Waals surface area contributed by atoms with Gasteiger partial charge in [0.05, 0.1) is 17.7 Å². The van der Waals surface area contributed by atoms with Crippen molar-refractivity contribution in [1.82, 2.24) is 10.6 Å². The van der Waals surface area contributed by atoms with E-state index in [0.717, 1.165) is 11.3 Å². The first kappa shape index (κ1) is 23.4. The Morgan fingerprint density at radius 2 is 1.56 bits per heavy atom. The average Bonchev–Trinajstić information content (AvgIpc) is 2.72. The van der Waals surface area contributed by atoms with Crippen molar-refractivity contribution in [3.63, 3.8) is 0 Å². The molecule has 2 amide bonds. The van der Waals surface area contributed by atoms with Crippen LogP contribution in [0.5, 0.6) is 11.5 Å². The zero-order valence-corrected chi connectivity index (χ0v) is 19.6. The molecule has 2 aromatic carbocycles. The van der Waals surface area contributed by atoms with Gasteiger partial charge in [-0.2, -0.15) is 0 Å². The van der Waals surface area contributed by atoms with Gasteiger partial charge in [-0.15, -0.1) is 0 Å². The number of carbonyl (C=O) groups excluding carboxylic acids is 2. The molecule has 1 heterocycles. The van der Waals surface area contributed by atoms with E-state index < -0.39 is 12.0 Å². The number of ether oxygens (including phenoxy) is 2. The largest absolute Gasteiger partial charge is 0.459 e. The van der Waals surface area contributed by atoms with Gasteiger partial charge in [-0.25, -0.2) is 9.59 Å². The molecule has 1 aliphatic rings. The second kappa shape index (κ2) is 9.47. The molecule has 170 valence electrons. The van der Waals surface area contributed by atoms with Crippen molar-refractivity contribution in [2.75, 3.05) is 0 Å². The van der Waals surface area contributed by atoms with Crippen LogP contribution in [-0.2, 0) is 14.9 Å². The van der Waals surface area contributed by atoms with Crippen molar-refractivity contribution < 1.29 is 19.1 Å². The summed E-state index contributed by atoms with van der Waals surface area (Å²) in [6.07, 6.45) is 0.255. The molecular formula is C26H32N2O4. The number of carbonyl (C=O) groups is 2. The van der Waals surface area contributed by atoms with Crippen LogP contribution in [0.1, 0.15) is 65.1 Å². The average molecular weight is 437 g/mol. The number of allylic oxidation sites excluding steroid dienone is 1. The second-order valence-corrected chi connectivity index (χ2v) is 9.18. The number of amides is 2. The Morgan fingerprint density at radius 1 is 1.00 bits per heavy atom. The molecule has 2 N–H and O–H groups in total. The smallest absolute Gasteiger partial charge is 0.338 e. The molecule has 0 saturated carbocycles. The zero-order valence-electron chi connectivity index (χ0n) is 19.6. The molecule has 0 aromatic heterocycles. The summed E-state index contributed by atoms with van der Waals surface area (Å²) in [4.78, 5) is 25.0. The van der Waals surface area contributed by atoms with E-state index in [-0.39, 0.29) is 17.6 Å². The zero-order chi connectivity index (χ0) is 23.5. The van der Waals surface area contributed by atoms with Gasteiger partial charge in [0.15, 0.2) is 0 Å². The van der Waals surface area contributed by atoms with Crippen LogP contribution in [0.2, 0.25) is 0 Å². The van der Waals surface area contributed by atoms with E-state index in [1.165, 1.54) is 5.56 Å². The van der Waals surface area contributed by atoms with Gasteiger partial charge < -0.3 is 20.1 Å².